The molecule has 1 fully saturated rings. The van der Waals surface area contributed by atoms with E-state index in [1.165, 1.54) is 13.2 Å². The number of rotatable bonds is 7. The molecule has 1 saturated heterocycles. The quantitative estimate of drug-likeness (QED) is 0.707. The van der Waals surface area contributed by atoms with Crippen LogP contribution in [0.5, 0.6) is 0 Å². The second-order valence-electron chi connectivity index (χ2n) is 6.62. The van der Waals surface area contributed by atoms with Crippen molar-refractivity contribution in [2.45, 2.75) is 32.0 Å². The zero-order valence-corrected chi connectivity index (χ0v) is 15.0. The van der Waals surface area contributed by atoms with Gasteiger partial charge in [0.1, 0.15) is 5.82 Å². The number of esters is 1. The Balaban J connectivity index is 1.70. The monoisotopic (exact) mass is 357 g/mol. The zero-order chi connectivity index (χ0) is 18.4. The van der Waals surface area contributed by atoms with Gasteiger partial charge in [-0.25, -0.2) is 9.18 Å². The topological polar surface area (TPSA) is 38.8 Å². The van der Waals surface area contributed by atoms with Gasteiger partial charge in [-0.2, -0.15) is 0 Å². The van der Waals surface area contributed by atoms with Gasteiger partial charge in [0.2, 0.25) is 0 Å². The molecule has 0 radical (unpaired) electrons. The van der Waals surface area contributed by atoms with E-state index in [4.69, 9.17) is 9.47 Å². The van der Waals surface area contributed by atoms with Crippen LogP contribution in [0.2, 0.25) is 0 Å². The first-order valence-electron chi connectivity index (χ1n) is 8.89. The normalized spacial score (nSPS) is 16.8. The Kier molecular flexibility index (Phi) is 6.36. The molecule has 138 valence electrons. The van der Waals surface area contributed by atoms with Gasteiger partial charge in [0.25, 0.3) is 0 Å². The van der Waals surface area contributed by atoms with E-state index in [-0.39, 0.29) is 17.9 Å². The molecule has 1 aliphatic rings. The average molecular weight is 357 g/mol. The Morgan fingerprint density at radius 2 is 1.96 bits per heavy atom. The summed E-state index contributed by atoms with van der Waals surface area (Å²) in [5, 5.41) is 0. The van der Waals surface area contributed by atoms with Crippen molar-refractivity contribution < 1.29 is 18.7 Å². The van der Waals surface area contributed by atoms with Crippen LogP contribution in [-0.4, -0.2) is 37.2 Å². The molecule has 0 N–H and O–H groups in total. The van der Waals surface area contributed by atoms with Crippen LogP contribution < -0.4 is 0 Å². The van der Waals surface area contributed by atoms with Crippen molar-refractivity contribution in [2.24, 2.45) is 0 Å². The fraction of sp³-hybridized carbons (Fsp3) is 0.381. The van der Waals surface area contributed by atoms with Gasteiger partial charge < -0.3 is 9.47 Å². The first-order chi connectivity index (χ1) is 12.6. The molecular formula is C21H24FNO3. The van der Waals surface area contributed by atoms with Crippen molar-refractivity contribution in [1.29, 1.82) is 0 Å². The molecule has 0 aliphatic carbocycles. The number of carbonyl (C=O) groups excluding carboxylic acids is 1. The first kappa shape index (κ1) is 18.5. The van der Waals surface area contributed by atoms with Crippen LogP contribution in [-0.2, 0) is 22.6 Å². The maximum Gasteiger partial charge on any atom is 0.337 e. The first-order valence-corrected chi connectivity index (χ1v) is 8.89. The van der Waals surface area contributed by atoms with Crippen LogP contribution in [0.1, 0.15) is 34.3 Å². The lowest BCUT2D eigenvalue weighted by Gasteiger charge is -2.25. The maximum atomic E-state index is 13.5. The molecule has 2 aromatic rings. The predicted octanol–water partition coefficient (Wildman–Crippen LogP) is 3.79. The van der Waals surface area contributed by atoms with E-state index in [0.717, 1.165) is 37.1 Å². The summed E-state index contributed by atoms with van der Waals surface area (Å²) in [6.45, 7) is 2.97. The van der Waals surface area contributed by atoms with Crippen molar-refractivity contribution in [3.63, 3.8) is 0 Å². The highest BCUT2D eigenvalue weighted by Crippen LogP contribution is 2.18. The number of methoxy groups -OCH3 is 1. The number of nitrogens with zero attached hydrogens (tertiary/aromatic N) is 1. The Labute approximate surface area is 153 Å². The van der Waals surface area contributed by atoms with Crippen LogP contribution in [0.25, 0.3) is 0 Å². The molecule has 0 amide bonds. The highest BCUT2D eigenvalue weighted by Gasteiger charge is 2.20. The third-order valence-corrected chi connectivity index (χ3v) is 4.56. The molecule has 26 heavy (non-hydrogen) atoms. The van der Waals surface area contributed by atoms with E-state index >= 15 is 0 Å². The van der Waals surface area contributed by atoms with Gasteiger partial charge >= 0.3 is 5.97 Å². The van der Waals surface area contributed by atoms with Gasteiger partial charge in [-0.15, -0.1) is 0 Å². The molecule has 0 spiro atoms. The van der Waals surface area contributed by atoms with Gasteiger partial charge in [0.05, 0.1) is 18.8 Å². The Morgan fingerprint density at radius 1 is 1.19 bits per heavy atom. The van der Waals surface area contributed by atoms with Gasteiger partial charge in [-0.1, -0.05) is 24.3 Å². The lowest BCUT2D eigenvalue weighted by Crippen LogP contribution is -2.31. The van der Waals surface area contributed by atoms with Crippen LogP contribution >= 0.6 is 0 Å². The SMILES string of the molecule is COC(=O)c1ccc(CN(Cc2cccc(F)c2)CC2CCCO2)cc1. The predicted molar refractivity (Wildman–Crippen MR) is 97.3 cm³/mol. The number of halogens is 1. The summed E-state index contributed by atoms with van der Waals surface area (Å²) >= 11 is 0. The Hall–Kier alpha value is -2.24. The fourth-order valence-corrected chi connectivity index (χ4v) is 3.28. The minimum absolute atomic E-state index is 0.220. The summed E-state index contributed by atoms with van der Waals surface area (Å²) in [4.78, 5) is 13.8. The van der Waals surface area contributed by atoms with E-state index in [1.54, 1.807) is 24.3 Å². The highest BCUT2D eigenvalue weighted by molar-refractivity contribution is 5.89. The molecule has 0 bridgehead atoms. The lowest BCUT2D eigenvalue weighted by molar-refractivity contribution is 0.0600. The number of hydrogen-bond acceptors (Lipinski definition) is 4. The van der Waals surface area contributed by atoms with Gasteiger partial charge in [0, 0.05) is 26.2 Å². The summed E-state index contributed by atoms with van der Waals surface area (Å²) in [6, 6.07) is 14.1. The lowest BCUT2D eigenvalue weighted by atomic mass is 10.1. The second-order valence-corrected chi connectivity index (χ2v) is 6.62. The summed E-state index contributed by atoms with van der Waals surface area (Å²) < 4.78 is 24.0. The molecule has 1 aliphatic heterocycles. The molecule has 0 aromatic heterocycles. The number of carbonyl (C=O) groups is 1. The molecule has 4 nitrogen and oxygen atoms in total. The van der Waals surface area contributed by atoms with Crippen LogP contribution in [0, 0.1) is 5.82 Å². The minimum atomic E-state index is -0.340. The molecule has 1 atom stereocenters. The average Bonchev–Trinajstić information content (AvgIpc) is 3.14. The van der Waals surface area contributed by atoms with E-state index in [2.05, 4.69) is 4.90 Å². The van der Waals surface area contributed by atoms with E-state index in [0.29, 0.717) is 18.7 Å². The van der Waals surface area contributed by atoms with E-state index < -0.39 is 0 Å². The molecule has 1 heterocycles. The molecular weight excluding hydrogens is 333 g/mol. The third kappa shape index (κ3) is 5.13. The van der Waals surface area contributed by atoms with Gasteiger partial charge in [0.15, 0.2) is 0 Å². The largest absolute Gasteiger partial charge is 0.465 e. The summed E-state index contributed by atoms with van der Waals surface area (Å²) in [5.41, 5.74) is 2.56. The standard InChI is InChI=1S/C21H24FNO3/c1-25-21(24)18-9-7-16(8-10-18)13-23(15-20-6-3-11-26-20)14-17-4-2-5-19(22)12-17/h2,4-5,7-10,12,20H,3,6,11,13-15H2,1H3. The van der Waals surface area contributed by atoms with Crippen molar-refractivity contribution in [3.8, 4) is 0 Å². The molecule has 3 rings (SSSR count). The number of benzene rings is 2. The number of hydrogen-bond donors (Lipinski definition) is 0. The van der Waals surface area contributed by atoms with Crippen molar-refractivity contribution in [1.82, 2.24) is 4.90 Å². The smallest absolute Gasteiger partial charge is 0.337 e. The summed E-state index contributed by atoms with van der Waals surface area (Å²) in [5.74, 6) is -0.561. The summed E-state index contributed by atoms with van der Waals surface area (Å²) in [7, 11) is 1.37. The summed E-state index contributed by atoms with van der Waals surface area (Å²) in [6.07, 6.45) is 2.37. The van der Waals surface area contributed by atoms with E-state index in [9.17, 15) is 9.18 Å². The van der Waals surface area contributed by atoms with Gasteiger partial charge in [-0.05, 0) is 48.2 Å². The van der Waals surface area contributed by atoms with Crippen LogP contribution in [0.4, 0.5) is 4.39 Å². The second kappa shape index (κ2) is 8.92. The highest BCUT2D eigenvalue weighted by atomic mass is 19.1. The fourth-order valence-electron chi connectivity index (χ4n) is 3.28. The van der Waals surface area contributed by atoms with Crippen LogP contribution in [0.15, 0.2) is 48.5 Å². The minimum Gasteiger partial charge on any atom is -0.465 e. The zero-order valence-electron chi connectivity index (χ0n) is 15.0. The van der Waals surface area contributed by atoms with Gasteiger partial charge in [-0.3, -0.25) is 4.90 Å². The maximum absolute atomic E-state index is 13.5. The Morgan fingerprint density at radius 3 is 2.62 bits per heavy atom. The molecule has 2 aromatic carbocycles. The van der Waals surface area contributed by atoms with Crippen molar-refractivity contribution >= 4 is 5.97 Å². The van der Waals surface area contributed by atoms with E-state index in [1.807, 2.05) is 18.2 Å². The molecule has 1 unspecified atom stereocenters. The Bertz CT molecular complexity index is 726. The van der Waals surface area contributed by atoms with Crippen LogP contribution in [0.3, 0.4) is 0 Å². The molecule has 5 heteroatoms. The van der Waals surface area contributed by atoms with Crippen molar-refractivity contribution in [3.05, 3.63) is 71.0 Å². The number of ether oxygens (including phenoxy) is 2. The van der Waals surface area contributed by atoms with Crippen molar-refractivity contribution in [2.75, 3.05) is 20.3 Å². The molecule has 0 saturated carbocycles. The third-order valence-electron chi connectivity index (χ3n) is 4.56.